The third kappa shape index (κ3) is 6.30. The van der Waals surface area contributed by atoms with Gasteiger partial charge in [-0.3, -0.25) is 4.79 Å². The van der Waals surface area contributed by atoms with Crippen LogP contribution in [0.3, 0.4) is 0 Å². The number of hydrogen-bond donors (Lipinski definition) is 1. The van der Waals surface area contributed by atoms with E-state index in [1.165, 1.54) is 18.2 Å². The number of carbonyl (C=O) groups excluding carboxylic acids is 1. The number of rotatable bonds is 7. The number of nitrogens with one attached hydrogen (secondary N) is 1. The summed E-state index contributed by atoms with van der Waals surface area (Å²) in [6.07, 6.45) is 1.51. The van der Waals surface area contributed by atoms with Gasteiger partial charge in [-0.1, -0.05) is 18.2 Å². The summed E-state index contributed by atoms with van der Waals surface area (Å²) in [5.41, 5.74) is 1.94. The van der Waals surface area contributed by atoms with Gasteiger partial charge in [-0.05, 0) is 88.3 Å². The summed E-state index contributed by atoms with van der Waals surface area (Å²) in [6, 6.07) is 20.3. The van der Waals surface area contributed by atoms with Crippen LogP contribution in [0.2, 0.25) is 0 Å². The summed E-state index contributed by atoms with van der Waals surface area (Å²) in [5.74, 6) is 0.480. The molecule has 0 fully saturated rings. The van der Waals surface area contributed by atoms with Gasteiger partial charge in [-0.15, -0.1) is 0 Å². The molecule has 0 radical (unpaired) electrons. The molecule has 0 spiro atoms. The number of ether oxygens (including phenoxy) is 2. The Morgan fingerprint density at radius 2 is 1.94 bits per heavy atom. The summed E-state index contributed by atoms with van der Waals surface area (Å²) >= 11 is 2.11. The largest absolute Gasteiger partial charge is 0.497 e. The molecule has 0 aliphatic carbocycles. The highest BCUT2D eigenvalue weighted by molar-refractivity contribution is 14.1. The topological polar surface area (TPSA) is 71.3 Å². The van der Waals surface area contributed by atoms with E-state index in [0.29, 0.717) is 22.7 Å². The molecular formula is C24H18FIN2O3. The molecule has 3 rings (SSSR count). The summed E-state index contributed by atoms with van der Waals surface area (Å²) < 4.78 is 24.9. The van der Waals surface area contributed by atoms with Gasteiger partial charge < -0.3 is 14.8 Å². The third-order valence-corrected chi connectivity index (χ3v) is 5.11. The summed E-state index contributed by atoms with van der Waals surface area (Å²) in [4.78, 5) is 12.5. The molecule has 3 aromatic rings. The van der Waals surface area contributed by atoms with Crippen molar-refractivity contribution < 1.29 is 18.7 Å². The third-order valence-electron chi connectivity index (χ3n) is 4.26. The number of nitriles is 1. The Morgan fingerprint density at radius 3 is 2.58 bits per heavy atom. The quantitative estimate of drug-likeness (QED) is 0.248. The molecule has 156 valence electrons. The van der Waals surface area contributed by atoms with Crippen LogP contribution in [0.4, 0.5) is 10.1 Å². The molecular weight excluding hydrogens is 510 g/mol. The predicted octanol–water partition coefficient (Wildman–Crippen LogP) is 5.56. The van der Waals surface area contributed by atoms with Crippen LogP contribution in [0.15, 0.2) is 72.3 Å². The normalized spacial score (nSPS) is 10.8. The van der Waals surface area contributed by atoms with Crippen LogP contribution in [0.1, 0.15) is 11.1 Å². The fourth-order valence-corrected chi connectivity index (χ4v) is 3.39. The second kappa shape index (κ2) is 10.6. The lowest BCUT2D eigenvalue weighted by atomic mass is 10.1. The van der Waals surface area contributed by atoms with Crippen molar-refractivity contribution in [3.8, 4) is 17.6 Å². The maximum absolute atomic E-state index is 13.3. The summed E-state index contributed by atoms with van der Waals surface area (Å²) in [6.45, 7) is 0.233. The number of benzene rings is 3. The molecule has 1 N–H and O–H groups in total. The molecule has 3 aromatic carbocycles. The van der Waals surface area contributed by atoms with Crippen molar-refractivity contribution in [3.63, 3.8) is 0 Å². The van der Waals surface area contributed by atoms with Gasteiger partial charge in [-0.2, -0.15) is 5.26 Å². The molecule has 5 nitrogen and oxygen atoms in total. The average molecular weight is 528 g/mol. The maximum Gasteiger partial charge on any atom is 0.266 e. The first-order chi connectivity index (χ1) is 15.0. The van der Waals surface area contributed by atoms with E-state index < -0.39 is 5.91 Å². The van der Waals surface area contributed by atoms with Crippen molar-refractivity contribution >= 4 is 40.3 Å². The number of carbonyl (C=O) groups is 1. The van der Waals surface area contributed by atoms with E-state index in [9.17, 15) is 14.4 Å². The van der Waals surface area contributed by atoms with E-state index in [1.807, 2.05) is 6.07 Å². The first-order valence-electron chi connectivity index (χ1n) is 9.22. The van der Waals surface area contributed by atoms with E-state index in [-0.39, 0.29) is 18.0 Å². The van der Waals surface area contributed by atoms with Gasteiger partial charge in [0, 0.05) is 5.69 Å². The first-order valence-corrected chi connectivity index (χ1v) is 10.3. The first kappa shape index (κ1) is 22.3. The fraction of sp³-hybridized carbons (Fsp3) is 0.0833. The summed E-state index contributed by atoms with van der Waals surface area (Å²) in [5, 5.41) is 12.1. The van der Waals surface area contributed by atoms with E-state index in [2.05, 4.69) is 27.9 Å². The average Bonchev–Trinajstić information content (AvgIpc) is 2.77. The van der Waals surface area contributed by atoms with Crippen LogP contribution in [0.25, 0.3) is 6.08 Å². The minimum Gasteiger partial charge on any atom is -0.497 e. The molecule has 0 unspecified atom stereocenters. The Morgan fingerprint density at radius 1 is 1.16 bits per heavy atom. The Labute approximate surface area is 193 Å². The Kier molecular flexibility index (Phi) is 7.62. The summed E-state index contributed by atoms with van der Waals surface area (Å²) in [7, 11) is 1.56. The Bertz CT molecular complexity index is 1150. The van der Waals surface area contributed by atoms with E-state index in [0.717, 1.165) is 9.13 Å². The van der Waals surface area contributed by atoms with Crippen molar-refractivity contribution in [3.05, 3.63) is 92.8 Å². The lowest BCUT2D eigenvalue weighted by molar-refractivity contribution is -0.112. The second-order valence-electron chi connectivity index (χ2n) is 6.46. The SMILES string of the molecule is COc1ccc(NC(=O)/C(C#N)=C\c2ccc(OCc3cccc(F)c3)c(I)c2)cc1. The zero-order chi connectivity index (χ0) is 22.2. The highest BCUT2D eigenvalue weighted by atomic mass is 127. The number of halogens is 2. The zero-order valence-corrected chi connectivity index (χ0v) is 18.7. The van der Waals surface area contributed by atoms with Crippen LogP contribution in [0, 0.1) is 20.7 Å². The van der Waals surface area contributed by atoms with Gasteiger partial charge in [0.2, 0.25) is 0 Å². The number of hydrogen-bond acceptors (Lipinski definition) is 4. The molecule has 0 atom stereocenters. The molecule has 0 heterocycles. The van der Waals surface area contributed by atoms with Crippen molar-refractivity contribution in [2.24, 2.45) is 0 Å². The van der Waals surface area contributed by atoms with Crippen molar-refractivity contribution in [1.82, 2.24) is 0 Å². The van der Waals surface area contributed by atoms with Crippen LogP contribution < -0.4 is 14.8 Å². The molecule has 1 amide bonds. The predicted molar refractivity (Wildman–Crippen MR) is 125 cm³/mol. The minimum atomic E-state index is -0.505. The van der Waals surface area contributed by atoms with Gasteiger partial charge in [0.25, 0.3) is 5.91 Å². The lowest BCUT2D eigenvalue weighted by Crippen LogP contribution is -2.13. The van der Waals surface area contributed by atoms with Gasteiger partial charge in [0.1, 0.15) is 35.6 Å². The Balaban J connectivity index is 1.69. The molecule has 7 heteroatoms. The fourth-order valence-electron chi connectivity index (χ4n) is 2.70. The standard InChI is InChI=1S/C24H18FIN2O3/c1-30-21-8-6-20(7-9-21)28-24(29)18(14-27)11-16-5-10-23(22(26)13-16)31-15-17-3-2-4-19(25)12-17/h2-13H,15H2,1H3,(H,28,29)/b18-11-. The highest BCUT2D eigenvalue weighted by Gasteiger charge is 2.11. The number of amides is 1. The van der Waals surface area contributed by atoms with E-state index in [4.69, 9.17) is 9.47 Å². The number of nitrogens with zero attached hydrogens (tertiary/aromatic N) is 1. The zero-order valence-electron chi connectivity index (χ0n) is 16.6. The molecule has 0 saturated carbocycles. The van der Waals surface area contributed by atoms with Crippen LogP contribution in [-0.4, -0.2) is 13.0 Å². The minimum absolute atomic E-state index is 0.0277. The van der Waals surface area contributed by atoms with Crippen LogP contribution in [-0.2, 0) is 11.4 Å². The molecule has 0 aliphatic heterocycles. The van der Waals surface area contributed by atoms with Gasteiger partial charge in [0.05, 0.1) is 10.7 Å². The van der Waals surface area contributed by atoms with E-state index in [1.54, 1.807) is 61.7 Å². The monoisotopic (exact) mass is 528 g/mol. The number of anilines is 1. The van der Waals surface area contributed by atoms with E-state index >= 15 is 0 Å². The van der Waals surface area contributed by atoms with Crippen molar-refractivity contribution in [2.45, 2.75) is 6.61 Å². The molecule has 0 aliphatic rings. The lowest BCUT2D eigenvalue weighted by Gasteiger charge is -2.09. The molecule has 31 heavy (non-hydrogen) atoms. The van der Waals surface area contributed by atoms with Crippen LogP contribution in [0.5, 0.6) is 11.5 Å². The van der Waals surface area contributed by atoms with Crippen LogP contribution >= 0.6 is 22.6 Å². The van der Waals surface area contributed by atoms with Crippen molar-refractivity contribution in [2.75, 3.05) is 12.4 Å². The highest BCUT2D eigenvalue weighted by Crippen LogP contribution is 2.25. The van der Waals surface area contributed by atoms with Gasteiger partial charge in [0.15, 0.2) is 0 Å². The molecule has 0 saturated heterocycles. The van der Waals surface area contributed by atoms with Crippen molar-refractivity contribution in [1.29, 1.82) is 5.26 Å². The van der Waals surface area contributed by atoms with Gasteiger partial charge >= 0.3 is 0 Å². The number of methoxy groups -OCH3 is 1. The maximum atomic E-state index is 13.3. The van der Waals surface area contributed by atoms with Gasteiger partial charge in [-0.25, -0.2) is 4.39 Å². The molecule has 0 bridgehead atoms. The smallest absolute Gasteiger partial charge is 0.266 e. The molecule has 0 aromatic heterocycles. The second-order valence-corrected chi connectivity index (χ2v) is 7.62. The Hall–Kier alpha value is -3.38.